The molecule has 0 aliphatic rings. The van der Waals surface area contributed by atoms with Crippen LogP contribution in [-0.4, -0.2) is 9.97 Å². The van der Waals surface area contributed by atoms with Gasteiger partial charge in [0.1, 0.15) is 0 Å². The Bertz CT molecular complexity index is 3230. The summed E-state index contributed by atoms with van der Waals surface area (Å²) in [6.45, 7) is 0. The molecule has 11 aromatic rings. The molecule has 2 heteroatoms. The van der Waals surface area contributed by atoms with Crippen LogP contribution in [0.1, 0.15) is 0 Å². The van der Waals surface area contributed by atoms with Crippen LogP contribution in [0.15, 0.2) is 243 Å². The van der Waals surface area contributed by atoms with E-state index in [-0.39, 0.29) is 0 Å². The van der Waals surface area contributed by atoms with E-state index in [0.29, 0.717) is 0 Å². The van der Waals surface area contributed by atoms with Crippen LogP contribution < -0.4 is 0 Å². The van der Waals surface area contributed by atoms with Gasteiger partial charge in [-0.05, 0) is 155 Å². The SMILES string of the molecule is c1ccc(-c2cc(-c3ccccc3)cc(-c3c4ccccc4c(-c4cc(-c5ccccc5)cc(-c5ccccc5)c4)c4cc(-c5ccc(-c6ccncc6)cn5)ccc34)c2)cc1. The predicted octanol–water partition coefficient (Wildman–Crippen LogP) is 16.1. The van der Waals surface area contributed by atoms with E-state index in [4.69, 9.17) is 4.98 Å². The third-order valence-corrected chi connectivity index (χ3v) is 12.0. The minimum absolute atomic E-state index is 0.922. The molecule has 0 bridgehead atoms. The van der Waals surface area contributed by atoms with Crippen molar-refractivity contribution >= 4 is 21.5 Å². The number of nitrogens with zero attached hydrogens (tertiary/aromatic N) is 2. The first kappa shape index (κ1) is 36.8. The molecule has 0 aliphatic heterocycles. The quantitative estimate of drug-likeness (QED) is 0.143. The van der Waals surface area contributed by atoms with Crippen LogP contribution in [0, 0.1) is 0 Å². The Morgan fingerprint density at radius 2 is 0.597 bits per heavy atom. The summed E-state index contributed by atoms with van der Waals surface area (Å²) in [7, 11) is 0. The highest BCUT2D eigenvalue weighted by atomic mass is 14.7. The van der Waals surface area contributed by atoms with Gasteiger partial charge in [0.25, 0.3) is 0 Å². The lowest BCUT2D eigenvalue weighted by Gasteiger charge is -2.21. The predicted molar refractivity (Wildman–Crippen MR) is 261 cm³/mol. The van der Waals surface area contributed by atoms with Crippen LogP contribution >= 0.6 is 0 Å². The highest BCUT2D eigenvalue weighted by Crippen LogP contribution is 2.47. The number of fused-ring (bicyclic) bond motifs is 2. The fourth-order valence-corrected chi connectivity index (χ4v) is 8.97. The molecule has 2 nitrogen and oxygen atoms in total. The summed E-state index contributed by atoms with van der Waals surface area (Å²) >= 11 is 0. The molecule has 2 heterocycles. The van der Waals surface area contributed by atoms with Gasteiger partial charge in [-0.1, -0.05) is 164 Å². The number of pyridine rings is 2. The fraction of sp³-hybridized carbons (Fsp3) is 0. The third-order valence-electron chi connectivity index (χ3n) is 12.0. The first-order chi connectivity index (χ1) is 30.7. The van der Waals surface area contributed by atoms with E-state index in [9.17, 15) is 0 Å². The summed E-state index contributed by atoms with van der Waals surface area (Å²) in [5.41, 5.74) is 18.3. The van der Waals surface area contributed by atoms with Crippen LogP contribution in [0.5, 0.6) is 0 Å². The van der Waals surface area contributed by atoms with Gasteiger partial charge < -0.3 is 0 Å². The Labute approximate surface area is 362 Å². The maximum atomic E-state index is 5.05. The number of hydrogen-bond acceptors (Lipinski definition) is 2. The summed E-state index contributed by atoms with van der Waals surface area (Å²) in [5.74, 6) is 0. The van der Waals surface area contributed by atoms with E-state index in [1.807, 2.05) is 30.7 Å². The molecule has 0 unspecified atom stereocenters. The van der Waals surface area contributed by atoms with Crippen molar-refractivity contribution in [2.45, 2.75) is 0 Å². The van der Waals surface area contributed by atoms with E-state index in [1.165, 1.54) is 88.3 Å². The molecular formula is C60H40N2. The summed E-state index contributed by atoms with van der Waals surface area (Å²) in [5, 5.41) is 4.76. The van der Waals surface area contributed by atoms with E-state index < -0.39 is 0 Å². The average Bonchev–Trinajstić information content (AvgIpc) is 3.36. The molecule has 290 valence electrons. The minimum atomic E-state index is 0.922. The van der Waals surface area contributed by atoms with Crippen LogP contribution in [0.2, 0.25) is 0 Å². The molecule has 0 aliphatic carbocycles. The van der Waals surface area contributed by atoms with Gasteiger partial charge in [-0.25, -0.2) is 0 Å². The number of benzene rings is 9. The van der Waals surface area contributed by atoms with Crippen LogP contribution in [0.4, 0.5) is 0 Å². The second-order valence-corrected chi connectivity index (χ2v) is 15.8. The van der Waals surface area contributed by atoms with Crippen molar-refractivity contribution in [1.82, 2.24) is 9.97 Å². The van der Waals surface area contributed by atoms with Crippen molar-refractivity contribution < 1.29 is 0 Å². The maximum Gasteiger partial charge on any atom is 0.0702 e. The van der Waals surface area contributed by atoms with Crippen molar-refractivity contribution in [3.8, 4) is 89.1 Å². The molecule has 0 spiro atoms. The van der Waals surface area contributed by atoms with Gasteiger partial charge in [-0.2, -0.15) is 0 Å². The standard InChI is InChI=1S/C60H40N2/c1-5-15-41(16-6-1)48-33-49(42-17-7-2-8-18-42)36-52(35-48)59-54-23-13-14-24-55(54)60(53-37-50(43-19-9-3-10-20-43)34-51(38-53)44-21-11-4-12-22-44)57-39-46(25-27-56(57)59)58-28-26-47(40-62-58)45-29-31-61-32-30-45/h1-40H. The first-order valence-electron chi connectivity index (χ1n) is 21.1. The summed E-state index contributed by atoms with van der Waals surface area (Å²) < 4.78 is 0. The highest BCUT2D eigenvalue weighted by Gasteiger charge is 2.20. The Balaban J connectivity index is 1.22. The first-order valence-corrected chi connectivity index (χ1v) is 21.1. The van der Waals surface area contributed by atoms with Gasteiger partial charge in [-0.15, -0.1) is 0 Å². The molecule has 0 atom stereocenters. The monoisotopic (exact) mass is 788 g/mol. The van der Waals surface area contributed by atoms with Crippen molar-refractivity contribution in [3.05, 3.63) is 243 Å². The Kier molecular flexibility index (Phi) is 9.57. The molecule has 11 rings (SSSR count). The van der Waals surface area contributed by atoms with Gasteiger partial charge in [0, 0.05) is 29.7 Å². The van der Waals surface area contributed by atoms with Crippen LogP contribution in [-0.2, 0) is 0 Å². The average molecular weight is 789 g/mol. The van der Waals surface area contributed by atoms with E-state index in [1.54, 1.807) is 0 Å². The lowest BCUT2D eigenvalue weighted by molar-refractivity contribution is 1.30. The number of hydrogen-bond donors (Lipinski definition) is 0. The molecule has 0 N–H and O–H groups in total. The number of aromatic nitrogens is 2. The minimum Gasteiger partial charge on any atom is -0.265 e. The lowest BCUT2D eigenvalue weighted by atomic mass is 9.82. The topological polar surface area (TPSA) is 25.8 Å². The molecule has 0 radical (unpaired) electrons. The third kappa shape index (κ3) is 7.04. The molecule has 2 aromatic heterocycles. The summed E-state index contributed by atoms with van der Waals surface area (Å²) in [6, 6.07) is 81.3. The molecule has 62 heavy (non-hydrogen) atoms. The second-order valence-electron chi connectivity index (χ2n) is 15.8. The van der Waals surface area contributed by atoms with Crippen LogP contribution in [0.3, 0.4) is 0 Å². The Hall–Kier alpha value is -8.20. The van der Waals surface area contributed by atoms with E-state index >= 15 is 0 Å². The smallest absolute Gasteiger partial charge is 0.0702 e. The zero-order valence-corrected chi connectivity index (χ0v) is 34.0. The molecule has 0 fully saturated rings. The van der Waals surface area contributed by atoms with Gasteiger partial charge in [0.15, 0.2) is 0 Å². The summed E-state index contributed by atoms with van der Waals surface area (Å²) in [6.07, 6.45) is 5.62. The normalized spacial score (nSPS) is 11.2. The Morgan fingerprint density at radius 3 is 1.03 bits per heavy atom. The maximum absolute atomic E-state index is 5.05. The fourth-order valence-electron chi connectivity index (χ4n) is 8.97. The molecular weight excluding hydrogens is 749 g/mol. The van der Waals surface area contributed by atoms with Crippen molar-refractivity contribution in [3.63, 3.8) is 0 Å². The van der Waals surface area contributed by atoms with E-state index in [2.05, 4.69) is 217 Å². The highest BCUT2D eigenvalue weighted by molar-refractivity contribution is 6.22. The van der Waals surface area contributed by atoms with Gasteiger partial charge in [-0.3, -0.25) is 9.97 Å². The molecule has 9 aromatic carbocycles. The second kappa shape index (κ2) is 16.1. The molecule has 0 amide bonds. The zero-order chi connectivity index (χ0) is 41.2. The lowest BCUT2D eigenvalue weighted by Crippen LogP contribution is -1.94. The summed E-state index contributed by atoms with van der Waals surface area (Å²) in [4.78, 5) is 9.27. The van der Waals surface area contributed by atoms with Gasteiger partial charge in [0.2, 0.25) is 0 Å². The Morgan fingerprint density at radius 1 is 0.226 bits per heavy atom. The van der Waals surface area contributed by atoms with Crippen molar-refractivity contribution in [2.24, 2.45) is 0 Å². The largest absolute Gasteiger partial charge is 0.265 e. The zero-order valence-electron chi connectivity index (χ0n) is 34.0. The molecule has 0 saturated heterocycles. The number of rotatable bonds is 8. The van der Waals surface area contributed by atoms with Crippen molar-refractivity contribution in [1.29, 1.82) is 0 Å². The van der Waals surface area contributed by atoms with Crippen molar-refractivity contribution in [2.75, 3.05) is 0 Å². The van der Waals surface area contributed by atoms with E-state index in [0.717, 1.165) is 22.4 Å². The van der Waals surface area contributed by atoms with Crippen LogP contribution in [0.25, 0.3) is 111 Å². The van der Waals surface area contributed by atoms with Gasteiger partial charge in [0.05, 0.1) is 5.69 Å². The molecule has 0 saturated carbocycles. The van der Waals surface area contributed by atoms with Gasteiger partial charge >= 0.3 is 0 Å².